The lowest BCUT2D eigenvalue weighted by atomic mass is 10.2. The van der Waals surface area contributed by atoms with Crippen LogP contribution in [0.3, 0.4) is 0 Å². The van der Waals surface area contributed by atoms with Gasteiger partial charge in [-0.2, -0.15) is 13.2 Å². The highest BCUT2D eigenvalue weighted by Crippen LogP contribution is 2.36. The summed E-state index contributed by atoms with van der Waals surface area (Å²) in [5.74, 6) is 0.724. The van der Waals surface area contributed by atoms with Crippen molar-refractivity contribution in [3.05, 3.63) is 54.1 Å². The third kappa shape index (κ3) is 4.90. The Bertz CT molecular complexity index is 584. The van der Waals surface area contributed by atoms with Gasteiger partial charge in [0.2, 0.25) is 0 Å². The van der Waals surface area contributed by atoms with Crippen LogP contribution >= 0.6 is 11.8 Å². The number of halogens is 3. The average molecular weight is 313 g/mol. The number of rotatable bonds is 5. The minimum Gasteiger partial charge on any atom is -0.495 e. The second-order valence-electron chi connectivity index (χ2n) is 4.25. The topological polar surface area (TPSA) is 21.3 Å². The molecule has 0 amide bonds. The highest BCUT2D eigenvalue weighted by atomic mass is 32.2. The zero-order valence-corrected chi connectivity index (χ0v) is 12.1. The maximum atomic E-state index is 12.2. The molecular formula is C15H14F3NOS. The monoisotopic (exact) mass is 313 g/mol. The summed E-state index contributed by atoms with van der Waals surface area (Å²) in [6, 6.07) is 13.8. The summed E-state index contributed by atoms with van der Waals surface area (Å²) in [6.07, 6.45) is 0. The molecule has 0 saturated carbocycles. The standard InChI is InChI=1S/C15H14F3NOS/c1-20-14-5-3-2-4-13(14)19-10-11-6-8-12(9-7-11)21-15(16,17)18/h2-9,19H,10H2,1H3. The van der Waals surface area contributed by atoms with Gasteiger partial charge in [0.25, 0.3) is 0 Å². The SMILES string of the molecule is COc1ccccc1NCc1ccc(SC(F)(F)F)cc1. The molecule has 1 N–H and O–H groups in total. The summed E-state index contributed by atoms with van der Waals surface area (Å²) in [6.45, 7) is 0.511. The molecule has 0 aliphatic rings. The van der Waals surface area contributed by atoms with E-state index in [4.69, 9.17) is 4.74 Å². The van der Waals surface area contributed by atoms with E-state index in [1.165, 1.54) is 12.1 Å². The van der Waals surface area contributed by atoms with Gasteiger partial charge in [0.15, 0.2) is 0 Å². The number of thioether (sulfide) groups is 1. The van der Waals surface area contributed by atoms with Crippen molar-refractivity contribution in [1.29, 1.82) is 0 Å². The van der Waals surface area contributed by atoms with Crippen molar-refractivity contribution in [2.24, 2.45) is 0 Å². The molecule has 0 radical (unpaired) electrons. The first-order valence-electron chi connectivity index (χ1n) is 6.19. The molecule has 2 nitrogen and oxygen atoms in total. The zero-order valence-electron chi connectivity index (χ0n) is 11.3. The Morgan fingerprint density at radius 3 is 2.33 bits per heavy atom. The lowest BCUT2D eigenvalue weighted by Gasteiger charge is -2.11. The highest BCUT2D eigenvalue weighted by Gasteiger charge is 2.28. The van der Waals surface area contributed by atoms with Crippen LogP contribution in [0.25, 0.3) is 0 Å². The summed E-state index contributed by atoms with van der Waals surface area (Å²) < 4.78 is 41.9. The number of ether oxygens (including phenoxy) is 1. The van der Waals surface area contributed by atoms with Crippen molar-refractivity contribution in [3.8, 4) is 5.75 Å². The Morgan fingerprint density at radius 1 is 1.05 bits per heavy atom. The van der Waals surface area contributed by atoms with Crippen LogP contribution in [-0.2, 0) is 6.54 Å². The van der Waals surface area contributed by atoms with Crippen molar-refractivity contribution < 1.29 is 17.9 Å². The maximum Gasteiger partial charge on any atom is 0.446 e. The maximum absolute atomic E-state index is 12.2. The van der Waals surface area contributed by atoms with Crippen LogP contribution in [0.1, 0.15) is 5.56 Å². The van der Waals surface area contributed by atoms with Crippen LogP contribution in [0.15, 0.2) is 53.4 Å². The zero-order chi connectivity index (χ0) is 15.3. The first-order chi connectivity index (χ1) is 9.98. The van der Waals surface area contributed by atoms with Gasteiger partial charge in [-0.05, 0) is 41.6 Å². The summed E-state index contributed by atoms with van der Waals surface area (Å²) in [5, 5.41) is 3.19. The largest absolute Gasteiger partial charge is 0.495 e. The molecule has 21 heavy (non-hydrogen) atoms. The van der Waals surface area contributed by atoms with E-state index in [1.54, 1.807) is 19.2 Å². The van der Waals surface area contributed by atoms with E-state index >= 15 is 0 Å². The fourth-order valence-corrected chi connectivity index (χ4v) is 2.34. The second-order valence-corrected chi connectivity index (χ2v) is 5.38. The van der Waals surface area contributed by atoms with Gasteiger partial charge in [-0.1, -0.05) is 24.3 Å². The molecule has 0 aromatic heterocycles. The fraction of sp³-hybridized carbons (Fsp3) is 0.200. The predicted octanol–water partition coefficient (Wildman–Crippen LogP) is 4.92. The highest BCUT2D eigenvalue weighted by molar-refractivity contribution is 8.00. The van der Waals surface area contributed by atoms with E-state index in [2.05, 4.69) is 5.32 Å². The molecule has 2 aromatic carbocycles. The second kappa shape index (κ2) is 6.76. The number of hydrogen-bond donors (Lipinski definition) is 1. The van der Waals surface area contributed by atoms with E-state index in [9.17, 15) is 13.2 Å². The number of benzene rings is 2. The van der Waals surface area contributed by atoms with Gasteiger partial charge in [-0.15, -0.1) is 0 Å². The number of alkyl halides is 3. The number of hydrogen-bond acceptors (Lipinski definition) is 3. The Balaban J connectivity index is 1.98. The third-order valence-corrected chi connectivity index (χ3v) is 3.49. The van der Waals surface area contributed by atoms with E-state index in [1.807, 2.05) is 24.3 Å². The fourth-order valence-electron chi connectivity index (χ4n) is 1.80. The number of nitrogens with one attached hydrogen (secondary N) is 1. The Hall–Kier alpha value is -1.82. The number of methoxy groups -OCH3 is 1. The van der Waals surface area contributed by atoms with Crippen molar-refractivity contribution in [2.75, 3.05) is 12.4 Å². The smallest absolute Gasteiger partial charge is 0.446 e. The molecule has 0 spiro atoms. The molecule has 6 heteroatoms. The molecule has 0 bridgehead atoms. The molecule has 0 heterocycles. The van der Waals surface area contributed by atoms with Crippen LogP contribution in [-0.4, -0.2) is 12.6 Å². The van der Waals surface area contributed by atoms with Crippen molar-refractivity contribution in [3.63, 3.8) is 0 Å². The van der Waals surface area contributed by atoms with Gasteiger partial charge < -0.3 is 10.1 Å². The summed E-state index contributed by atoms with van der Waals surface area (Å²) >= 11 is -0.110. The molecular weight excluding hydrogens is 299 g/mol. The normalized spacial score (nSPS) is 11.2. The minimum absolute atomic E-state index is 0.110. The van der Waals surface area contributed by atoms with Crippen LogP contribution in [0.5, 0.6) is 5.75 Å². The van der Waals surface area contributed by atoms with Crippen molar-refractivity contribution in [2.45, 2.75) is 16.9 Å². The van der Waals surface area contributed by atoms with E-state index in [0.29, 0.717) is 6.54 Å². The predicted molar refractivity (Wildman–Crippen MR) is 78.7 cm³/mol. The molecule has 0 fully saturated rings. The summed E-state index contributed by atoms with van der Waals surface area (Å²) in [5.41, 5.74) is -2.52. The van der Waals surface area contributed by atoms with Gasteiger partial charge in [-0.25, -0.2) is 0 Å². The average Bonchev–Trinajstić information content (AvgIpc) is 2.45. The van der Waals surface area contributed by atoms with Crippen LogP contribution in [0, 0.1) is 0 Å². The Labute approximate surface area is 125 Å². The van der Waals surface area contributed by atoms with Gasteiger partial charge in [0.1, 0.15) is 5.75 Å². The minimum atomic E-state index is -4.25. The molecule has 0 atom stereocenters. The van der Waals surface area contributed by atoms with Crippen molar-refractivity contribution in [1.82, 2.24) is 0 Å². The molecule has 112 valence electrons. The van der Waals surface area contributed by atoms with Crippen LogP contribution < -0.4 is 10.1 Å². The van der Waals surface area contributed by atoms with E-state index in [-0.39, 0.29) is 16.7 Å². The summed E-state index contributed by atoms with van der Waals surface area (Å²) in [4.78, 5) is 0.184. The van der Waals surface area contributed by atoms with E-state index in [0.717, 1.165) is 17.0 Å². The lowest BCUT2D eigenvalue weighted by Crippen LogP contribution is -2.02. The van der Waals surface area contributed by atoms with Gasteiger partial charge in [0.05, 0.1) is 12.8 Å². The van der Waals surface area contributed by atoms with Gasteiger partial charge in [-0.3, -0.25) is 0 Å². The first-order valence-corrected chi connectivity index (χ1v) is 7.01. The number of para-hydroxylation sites is 2. The van der Waals surface area contributed by atoms with Gasteiger partial charge in [0, 0.05) is 11.4 Å². The quantitative estimate of drug-likeness (QED) is 0.792. The Kier molecular flexibility index (Phi) is 5.01. The van der Waals surface area contributed by atoms with Crippen LogP contribution in [0.4, 0.5) is 18.9 Å². The molecule has 2 aromatic rings. The lowest BCUT2D eigenvalue weighted by molar-refractivity contribution is -0.0328. The van der Waals surface area contributed by atoms with Crippen LogP contribution in [0.2, 0.25) is 0 Å². The number of anilines is 1. The molecule has 2 rings (SSSR count). The van der Waals surface area contributed by atoms with E-state index < -0.39 is 5.51 Å². The Morgan fingerprint density at radius 2 is 1.71 bits per heavy atom. The molecule has 0 aliphatic carbocycles. The molecule has 0 unspecified atom stereocenters. The first kappa shape index (κ1) is 15.6. The molecule has 0 saturated heterocycles. The van der Waals surface area contributed by atoms with Gasteiger partial charge >= 0.3 is 5.51 Å². The molecule has 0 aliphatic heterocycles. The summed E-state index contributed by atoms with van der Waals surface area (Å²) in [7, 11) is 1.59. The van der Waals surface area contributed by atoms with Crippen molar-refractivity contribution >= 4 is 17.4 Å². The third-order valence-electron chi connectivity index (χ3n) is 2.75.